The zero-order valence-electron chi connectivity index (χ0n) is 15.9. The maximum atomic E-state index is 13.4. The number of rotatable bonds is 4. The van der Waals surface area contributed by atoms with Crippen LogP contribution in [0.2, 0.25) is 0 Å². The molecule has 30 heavy (non-hydrogen) atoms. The molecule has 2 aromatic carbocycles. The molecule has 0 saturated heterocycles. The van der Waals surface area contributed by atoms with Crippen molar-refractivity contribution in [3.05, 3.63) is 71.8 Å². The second kappa shape index (κ2) is 7.00. The number of ether oxygens (including phenoxy) is 2. The Labute approximate surface area is 170 Å². The summed E-state index contributed by atoms with van der Waals surface area (Å²) < 4.78 is 28.3. The lowest BCUT2D eigenvalue weighted by atomic mass is 10.1. The van der Waals surface area contributed by atoms with Crippen molar-refractivity contribution in [2.75, 3.05) is 7.11 Å². The molecule has 3 heterocycles. The molecule has 0 atom stereocenters. The van der Waals surface area contributed by atoms with E-state index in [1.807, 2.05) is 27.3 Å². The van der Waals surface area contributed by atoms with E-state index in [4.69, 9.17) is 9.47 Å². The van der Waals surface area contributed by atoms with Crippen LogP contribution in [0.4, 0.5) is 4.39 Å². The zero-order valence-corrected chi connectivity index (χ0v) is 15.9. The highest BCUT2D eigenvalue weighted by Crippen LogP contribution is 2.34. The van der Waals surface area contributed by atoms with Crippen molar-refractivity contribution in [1.82, 2.24) is 24.3 Å². The fourth-order valence-corrected chi connectivity index (χ4v) is 3.52. The molecular formula is C21H15FN6O2. The van der Waals surface area contributed by atoms with E-state index in [9.17, 15) is 9.65 Å². The predicted octanol–water partition coefficient (Wildman–Crippen LogP) is 3.09. The number of methoxy groups -OCH3 is 1. The van der Waals surface area contributed by atoms with Crippen LogP contribution in [-0.2, 0) is 13.2 Å². The van der Waals surface area contributed by atoms with Crippen molar-refractivity contribution in [1.29, 1.82) is 5.26 Å². The van der Waals surface area contributed by atoms with Crippen LogP contribution in [0.5, 0.6) is 11.5 Å². The van der Waals surface area contributed by atoms with Gasteiger partial charge in [-0.05, 0) is 30.3 Å². The molecule has 0 amide bonds. The highest BCUT2D eigenvalue weighted by Gasteiger charge is 2.26. The third kappa shape index (κ3) is 2.86. The van der Waals surface area contributed by atoms with Crippen molar-refractivity contribution in [3.8, 4) is 34.6 Å². The topological polar surface area (TPSA) is 90.8 Å². The molecule has 0 unspecified atom stereocenters. The Hall–Kier alpha value is -4.19. The summed E-state index contributed by atoms with van der Waals surface area (Å²) in [4.78, 5) is 4.23. The smallest absolute Gasteiger partial charge is 0.171 e. The van der Waals surface area contributed by atoms with Crippen LogP contribution >= 0.6 is 0 Å². The third-order valence-electron chi connectivity index (χ3n) is 4.98. The van der Waals surface area contributed by atoms with E-state index in [0.717, 1.165) is 16.9 Å². The van der Waals surface area contributed by atoms with Crippen LogP contribution in [0, 0.1) is 17.1 Å². The summed E-state index contributed by atoms with van der Waals surface area (Å²) in [5.74, 6) is 1.85. The summed E-state index contributed by atoms with van der Waals surface area (Å²) in [5.41, 5.74) is 2.66. The predicted molar refractivity (Wildman–Crippen MR) is 104 cm³/mol. The molecule has 1 aliphatic rings. The van der Waals surface area contributed by atoms with Crippen molar-refractivity contribution in [3.63, 3.8) is 0 Å². The van der Waals surface area contributed by atoms with Crippen molar-refractivity contribution >= 4 is 0 Å². The molecule has 1 aliphatic heterocycles. The van der Waals surface area contributed by atoms with Crippen LogP contribution in [0.15, 0.2) is 48.8 Å². The summed E-state index contributed by atoms with van der Waals surface area (Å²) >= 11 is 0. The first-order chi connectivity index (χ1) is 14.7. The number of hydrogen-bond donors (Lipinski definition) is 0. The zero-order chi connectivity index (χ0) is 20.7. The molecule has 0 spiro atoms. The van der Waals surface area contributed by atoms with Crippen molar-refractivity contribution in [2.45, 2.75) is 13.2 Å². The molecule has 148 valence electrons. The van der Waals surface area contributed by atoms with E-state index in [-0.39, 0.29) is 12.4 Å². The van der Waals surface area contributed by atoms with Gasteiger partial charge in [-0.3, -0.25) is 4.57 Å². The molecule has 8 nitrogen and oxygen atoms in total. The average Bonchev–Trinajstić information content (AvgIpc) is 3.33. The molecule has 0 saturated carbocycles. The SMILES string of the molecule is COc1ccc2c(c1)-c1nnc(COc3cccc(F)c3)n1Cc1c(C#N)ncn1-2. The van der Waals surface area contributed by atoms with Gasteiger partial charge in [0.1, 0.15) is 36.3 Å². The lowest BCUT2D eigenvalue weighted by molar-refractivity contribution is 0.288. The normalized spacial score (nSPS) is 11.6. The first kappa shape index (κ1) is 17.9. The van der Waals surface area contributed by atoms with Gasteiger partial charge in [0.15, 0.2) is 17.3 Å². The molecule has 4 aromatic rings. The highest BCUT2D eigenvalue weighted by molar-refractivity contribution is 5.71. The van der Waals surface area contributed by atoms with Gasteiger partial charge >= 0.3 is 0 Å². The lowest BCUT2D eigenvalue weighted by Crippen LogP contribution is -2.10. The number of halogens is 1. The fraction of sp³-hybridized carbons (Fsp3) is 0.143. The van der Waals surface area contributed by atoms with Crippen LogP contribution in [0.3, 0.4) is 0 Å². The lowest BCUT2D eigenvalue weighted by Gasteiger charge is -2.10. The number of fused-ring (bicyclic) bond motifs is 5. The average molecular weight is 402 g/mol. The van der Waals surface area contributed by atoms with E-state index >= 15 is 0 Å². The molecule has 2 aromatic heterocycles. The maximum Gasteiger partial charge on any atom is 0.171 e. The summed E-state index contributed by atoms with van der Waals surface area (Å²) in [6, 6.07) is 13.7. The van der Waals surface area contributed by atoms with Gasteiger partial charge in [-0.15, -0.1) is 10.2 Å². The molecule has 5 rings (SSSR count). The Balaban J connectivity index is 1.61. The largest absolute Gasteiger partial charge is 0.497 e. The quantitative estimate of drug-likeness (QED) is 0.459. The van der Waals surface area contributed by atoms with E-state index in [2.05, 4.69) is 21.3 Å². The molecule has 0 aliphatic carbocycles. The van der Waals surface area contributed by atoms with Gasteiger partial charge in [-0.2, -0.15) is 5.26 Å². The molecular weight excluding hydrogens is 387 g/mol. The summed E-state index contributed by atoms with van der Waals surface area (Å²) in [6.45, 7) is 0.426. The maximum absolute atomic E-state index is 13.4. The van der Waals surface area contributed by atoms with E-state index in [1.165, 1.54) is 12.1 Å². The van der Waals surface area contributed by atoms with Crippen molar-refractivity contribution in [2.24, 2.45) is 0 Å². The van der Waals surface area contributed by atoms with Gasteiger partial charge in [0.2, 0.25) is 0 Å². The van der Waals surface area contributed by atoms with Crippen LogP contribution < -0.4 is 9.47 Å². The second-order valence-corrected chi connectivity index (χ2v) is 6.68. The Morgan fingerprint density at radius 3 is 2.87 bits per heavy atom. The molecule has 0 fully saturated rings. The first-order valence-electron chi connectivity index (χ1n) is 9.13. The van der Waals surface area contributed by atoms with Crippen LogP contribution in [0.25, 0.3) is 17.1 Å². The van der Waals surface area contributed by atoms with Gasteiger partial charge in [0, 0.05) is 11.6 Å². The van der Waals surface area contributed by atoms with Gasteiger partial charge in [0.05, 0.1) is 25.0 Å². The van der Waals surface area contributed by atoms with Gasteiger partial charge < -0.3 is 14.0 Å². The minimum absolute atomic E-state index is 0.0891. The summed E-state index contributed by atoms with van der Waals surface area (Å²) in [5, 5.41) is 18.2. The third-order valence-corrected chi connectivity index (χ3v) is 4.98. The highest BCUT2D eigenvalue weighted by atomic mass is 19.1. The van der Waals surface area contributed by atoms with Crippen molar-refractivity contribution < 1.29 is 13.9 Å². The number of nitrogens with zero attached hydrogens (tertiary/aromatic N) is 6. The summed E-state index contributed by atoms with van der Waals surface area (Å²) in [6.07, 6.45) is 1.63. The van der Waals surface area contributed by atoms with Crippen LogP contribution in [0.1, 0.15) is 17.2 Å². The van der Waals surface area contributed by atoms with Gasteiger partial charge in [-0.1, -0.05) is 6.07 Å². The van der Waals surface area contributed by atoms with E-state index < -0.39 is 0 Å². The monoisotopic (exact) mass is 402 g/mol. The fourth-order valence-electron chi connectivity index (χ4n) is 3.52. The molecule has 0 bridgehead atoms. The number of imidazole rings is 1. The minimum atomic E-state index is -0.379. The van der Waals surface area contributed by atoms with Crippen LogP contribution in [-0.4, -0.2) is 31.4 Å². The standard InChI is InChI=1S/C21H15FN6O2/c1-29-14-5-6-18-16(8-14)21-26-25-20(11-30-15-4-2-3-13(22)7-15)27(21)10-19-17(9-23)24-12-28(18)19/h2-8,12H,10-11H2,1H3. The number of hydrogen-bond acceptors (Lipinski definition) is 6. The van der Waals surface area contributed by atoms with E-state index in [1.54, 1.807) is 25.6 Å². The molecule has 9 heteroatoms. The first-order valence-corrected chi connectivity index (χ1v) is 9.13. The molecule has 0 N–H and O–H groups in total. The Kier molecular flexibility index (Phi) is 4.17. The number of nitriles is 1. The summed E-state index contributed by atoms with van der Waals surface area (Å²) in [7, 11) is 1.60. The van der Waals surface area contributed by atoms with Gasteiger partial charge in [-0.25, -0.2) is 9.37 Å². The minimum Gasteiger partial charge on any atom is -0.497 e. The second-order valence-electron chi connectivity index (χ2n) is 6.68. The Bertz CT molecular complexity index is 1300. The number of aromatic nitrogens is 5. The van der Waals surface area contributed by atoms with Gasteiger partial charge in [0.25, 0.3) is 0 Å². The Morgan fingerprint density at radius 2 is 2.07 bits per heavy atom. The number of benzene rings is 2. The Morgan fingerprint density at radius 1 is 1.17 bits per heavy atom. The van der Waals surface area contributed by atoms with E-state index in [0.29, 0.717) is 35.4 Å². The molecule has 0 radical (unpaired) electrons.